The Bertz CT molecular complexity index is 448. The number of hydrogen-bond acceptors (Lipinski definition) is 2. The van der Waals surface area contributed by atoms with Gasteiger partial charge in [0.25, 0.3) is 0 Å². The fraction of sp³-hybridized carbons (Fsp3) is 0.600. The molecule has 1 unspecified atom stereocenters. The molecule has 1 aromatic rings. The molecule has 1 aliphatic rings. The maximum Gasteiger partial charge on any atom is 0.139 e. The van der Waals surface area contributed by atoms with Crippen LogP contribution in [0.1, 0.15) is 33.1 Å². The van der Waals surface area contributed by atoms with Crippen molar-refractivity contribution in [3.63, 3.8) is 0 Å². The highest BCUT2D eigenvalue weighted by molar-refractivity contribution is 9.10. The second-order valence-electron chi connectivity index (χ2n) is 5.75. The summed E-state index contributed by atoms with van der Waals surface area (Å²) in [6.45, 7) is 6.60. The Morgan fingerprint density at radius 3 is 2.74 bits per heavy atom. The lowest BCUT2D eigenvalue weighted by Gasteiger charge is -2.25. The molecule has 1 fully saturated rings. The van der Waals surface area contributed by atoms with E-state index in [1.165, 1.54) is 25.3 Å². The van der Waals surface area contributed by atoms with Crippen LogP contribution in [0.2, 0.25) is 0 Å². The summed E-state index contributed by atoms with van der Waals surface area (Å²) in [6.07, 6.45) is 3.64. The summed E-state index contributed by atoms with van der Waals surface area (Å²) >= 11 is 3.24. The predicted molar refractivity (Wildman–Crippen MR) is 82.9 cm³/mol. The Labute approximate surface area is 123 Å². The summed E-state index contributed by atoms with van der Waals surface area (Å²) in [5.41, 5.74) is 7.45. The van der Waals surface area contributed by atoms with E-state index in [1.807, 2.05) is 0 Å². The van der Waals surface area contributed by atoms with Crippen molar-refractivity contribution in [3.05, 3.63) is 22.4 Å². The quantitative estimate of drug-likeness (QED) is 0.813. The van der Waals surface area contributed by atoms with Crippen LogP contribution in [0, 0.1) is 17.7 Å². The summed E-state index contributed by atoms with van der Waals surface area (Å²) in [5.74, 6) is 1.23. The van der Waals surface area contributed by atoms with Crippen molar-refractivity contribution in [2.24, 2.45) is 11.8 Å². The first-order chi connectivity index (χ1) is 8.99. The van der Waals surface area contributed by atoms with Gasteiger partial charge in [-0.3, -0.25) is 0 Å². The molecule has 2 rings (SSSR count). The van der Waals surface area contributed by atoms with E-state index in [4.69, 9.17) is 5.73 Å². The third-order valence-corrected chi connectivity index (χ3v) is 4.73. The Morgan fingerprint density at radius 1 is 1.32 bits per heavy atom. The maximum atomic E-state index is 13.4. The molecule has 106 valence electrons. The number of anilines is 2. The summed E-state index contributed by atoms with van der Waals surface area (Å²) in [5, 5.41) is 0. The van der Waals surface area contributed by atoms with Crippen LogP contribution >= 0.6 is 15.9 Å². The van der Waals surface area contributed by atoms with Crippen molar-refractivity contribution in [1.29, 1.82) is 0 Å². The van der Waals surface area contributed by atoms with Crippen LogP contribution in [0.5, 0.6) is 0 Å². The molecule has 0 spiro atoms. The first-order valence-corrected chi connectivity index (χ1v) is 7.77. The standard InChI is InChI=1S/C15H22BrFN2/c1-10(2)11-4-3-6-19(7-5-11)15-8-12(16)13(17)9-14(15)18/h8-11H,3-7,18H2,1-2H3. The predicted octanol–water partition coefficient (Wildman–Crippen LogP) is 4.43. The maximum absolute atomic E-state index is 13.4. The Hall–Kier alpha value is -0.770. The minimum atomic E-state index is -0.295. The third kappa shape index (κ3) is 3.41. The number of hydrogen-bond donors (Lipinski definition) is 1. The van der Waals surface area contributed by atoms with Crippen molar-refractivity contribution in [1.82, 2.24) is 0 Å². The highest BCUT2D eigenvalue weighted by atomic mass is 79.9. The van der Waals surface area contributed by atoms with Gasteiger partial charge in [-0.1, -0.05) is 13.8 Å². The van der Waals surface area contributed by atoms with E-state index in [1.54, 1.807) is 6.07 Å². The molecule has 1 aromatic carbocycles. The van der Waals surface area contributed by atoms with Crippen LogP contribution in [0.15, 0.2) is 16.6 Å². The number of halogens is 2. The first kappa shape index (κ1) is 14.6. The Balaban J connectivity index is 2.16. The van der Waals surface area contributed by atoms with E-state index in [-0.39, 0.29) is 5.82 Å². The van der Waals surface area contributed by atoms with Crippen LogP contribution in [-0.4, -0.2) is 13.1 Å². The van der Waals surface area contributed by atoms with Gasteiger partial charge in [-0.2, -0.15) is 0 Å². The zero-order valence-corrected chi connectivity index (χ0v) is 13.2. The molecule has 0 radical (unpaired) electrons. The highest BCUT2D eigenvalue weighted by Crippen LogP contribution is 2.33. The second kappa shape index (κ2) is 6.12. The lowest BCUT2D eigenvalue weighted by atomic mass is 9.89. The molecule has 0 amide bonds. The van der Waals surface area contributed by atoms with Gasteiger partial charge in [-0.15, -0.1) is 0 Å². The molecule has 19 heavy (non-hydrogen) atoms. The molecule has 4 heteroatoms. The average molecular weight is 329 g/mol. The van der Waals surface area contributed by atoms with Gasteiger partial charge in [0.05, 0.1) is 15.8 Å². The van der Waals surface area contributed by atoms with Gasteiger partial charge in [0.15, 0.2) is 0 Å². The lowest BCUT2D eigenvalue weighted by molar-refractivity contribution is 0.351. The molecule has 1 saturated heterocycles. The second-order valence-corrected chi connectivity index (χ2v) is 6.60. The molecule has 2 nitrogen and oxygen atoms in total. The topological polar surface area (TPSA) is 29.3 Å². The van der Waals surface area contributed by atoms with E-state index < -0.39 is 0 Å². The highest BCUT2D eigenvalue weighted by Gasteiger charge is 2.21. The van der Waals surface area contributed by atoms with Crippen LogP contribution in [-0.2, 0) is 0 Å². The fourth-order valence-corrected chi connectivity index (χ4v) is 3.19. The van der Waals surface area contributed by atoms with E-state index >= 15 is 0 Å². The molecular weight excluding hydrogens is 307 g/mol. The number of nitrogen functional groups attached to an aromatic ring is 1. The van der Waals surface area contributed by atoms with Crippen molar-refractivity contribution < 1.29 is 4.39 Å². The molecule has 0 saturated carbocycles. The fourth-order valence-electron chi connectivity index (χ4n) is 2.86. The van der Waals surface area contributed by atoms with Crippen LogP contribution in [0.3, 0.4) is 0 Å². The molecule has 0 aromatic heterocycles. The normalized spacial score (nSPS) is 20.7. The van der Waals surface area contributed by atoms with Crippen molar-refractivity contribution in [2.45, 2.75) is 33.1 Å². The van der Waals surface area contributed by atoms with Gasteiger partial charge < -0.3 is 10.6 Å². The Kier molecular flexibility index (Phi) is 4.71. The third-order valence-electron chi connectivity index (χ3n) is 4.13. The van der Waals surface area contributed by atoms with E-state index in [9.17, 15) is 4.39 Å². The zero-order chi connectivity index (χ0) is 14.0. The molecule has 1 heterocycles. The summed E-state index contributed by atoms with van der Waals surface area (Å²) in [4.78, 5) is 2.29. The van der Waals surface area contributed by atoms with Gasteiger partial charge in [0, 0.05) is 19.2 Å². The lowest BCUT2D eigenvalue weighted by Crippen LogP contribution is -2.25. The van der Waals surface area contributed by atoms with E-state index in [0.29, 0.717) is 10.2 Å². The number of nitrogens with zero attached hydrogens (tertiary/aromatic N) is 1. The average Bonchev–Trinajstić information content (AvgIpc) is 2.59. The van der Waals surface area contributed by atoms with Gasteiger partial charge in [0.2, 0.25) is 0 Å². The van der Waals surface area contributed by atoms with Crippen molar-refractivity contribution in [3.8, 4) is 0 Å². The number of nitrogens with two attached hydrogens (primary N) is 1. The van der Waals surface area contributed by atoms with Crippen molar-refractivity contribution in [2.75, 3.05) is 23.7 Å². The molecule has 1 atom stereocenters. The minimum Gasteiger partial charge on any atom is -0.397 e. The largest absolute Gasteiger partial charge is 0.397 e. The molecular formula is C15H22BrFN2. The Morgan fingerprint density at radius 2 is 2.05 bits per heavy atom. The van der Waals surface area contributed by atoms with Crippen molar-refractivity contribution >= 4 is 27.3 Å². The first-order valence-electron chi connectivity index (χ1n) is 6.98. The van der Waals surface area contributed by atoms with Crippen LogP contribution < -0.4 is 10.6 Å². The summed E-state index contributed by atoms with van der Waals surface area (Å²) in [7, 11) is 0. The SMILES string of the molecule is CC(C)C1CCCN(c2cc(Br)c(F)cc2N)CC1. The van der Waals surface area contributed by atoms with E-state index in [0.717, 1.165) is 30.6 Å². The van der Waals surface area contributed by atoms with Crippen LogP contribution in [0.4, 0.5) is 15.8 Å². The molecule has 0 aliphatic carbocycles. The summed E-state index contributed by atoms with van der Waals surface area (Å²) in [6, 6.07) is 3.21. The molecule has 2 N–H and O–H groups in total. The van der Waals surface area contributed by atoms with Gasteiger partial charge in [-0.25, -0.2) is 4.39 Å². The van der Waals surface area contributed by atoms with Gasteiger partial charge in [-0.05, 0) is 53.1 Å². The smallest absolute Gasteiger partial charge is 0.139 e. The number of rotatable bonds is 2. The van der Waals surface area contributed by atoms with Gasteiger partial charge in [0.1, 0.15) is 5.82 Å². The van der Waals surface area contributed by atoms with Crippen LogP contribution in [0.25, 0.3) is 0 Å². The zero-order valence-electron chi connectivity index (χ0n) is 11.6. The molecule has 1 aliphatic heterocycles. The number of benzene rings is 1. The summed E-state index contributed by atoms with van der Waals surface area (Å²) < 4.78 is 13.9. The minimum absolute atomic E-state index is 0.295. The monoisotopic (exact) mass is 328 g/mol. The molecule has 0 bridgehead atoms. The van der Waals surface area contributed by atoms with Gasteiger partial charge >= 0.3 is 0 Å². The van der Waals surface area contributed by atoms with E-state index in [2.05, 4.69) is 34.7 Å².